The number of benzene rings is 1. The molecule has 0 spiro atoms. The number of hydrogen-bond acceptors (Lipinski definition) is 2. The first-order chi connectivity index (χ1) is 7.95. The summed E-state index contributed by atoms with van der Waals surface area (Å²) < 4.78 is 0. The zero-order valence-electron chi connectivity index (χ0n) is 10.3. The van der Waals surface area contributed by atoms with E-state index in [2.05, 4.69) is 5.32 Å². The summed E-state index contributed by atoms with van der Waals surface area (Å²) in [4.78, 5) is 12.0. The molecule has 0 bridgehead atoms. The largest absolute Gasteiger partial charge is 0.396 e. The number of carbonyl (C=O) groups excluding carboxylic acids is 1. The average Bonchev–Trinajstić information content (AvgIpc) is 2.27. The number of aliphatic hydroxyl groups is 1. The van der Waals surface area contributed by atoms with Crippen LogP contribution in [0.15, 0.2) is 18.2 Å². The summed E-state index contributed by atoms with van der Waals surface area (Å²) in [5, 5.41) is 12.5. The fourth-order valence-electron chi connectivity index (χ4n) is 1.47. The Bertz CT molecular complexity index is 406. The van der Waals surface area contributed by atoms with Gasteiger partial charge in [-0.25, -0.2) is 0 Å². The van der Waals surface area contributed by atoms with Crippen LogP contribution in [0.4, 0.5) is 0 Å². The van der Waals surface area contributed by atoms with Crippen molar-refractivity contribution >= 4 is 17.5 Å². The number of aryl methyl sites for hydroxylation is 1. The lowest BCUT2D eigenvalue weighted by molar-refractivity contribution is 0.0915. The number of amides is 1. The molecule has 0 saturated carbocycles. The Morgan fingerprint density at radius 2 is 2.12 bits per heavy atom. The highest BCUT2D eigenvalue weighted by molar-refractivity contribution is 6.30. The van der Waals surface area contributed by atoms with Crippen molar-refractivity contribution in [2.45, 2.75) is 26.8 Å². The van der Waals surface area contributed by atoms with Crippen molar-refractivity contribution in [1.82, 2.24) is 5.32 Å². The van der Waals surface area contributed by atoms with E-state index in [-0.39, 0.29) is 24.5 Å². The lowest BCUT2D eigenvalue weighted by Gasteiger charge is -2.19. The topological polar surface area (TPSA) is 49.3 Å². The van der Waals surface area contributed by atoms with Crippen molar-refractivity contribution in [2.24, 2.45) is 5.92 Å². The van der Waals surface area contributed by atoms with Crippen molar-refractivity contribution in [3.8, 4) is 0 Å². The van der Waals surface area contributed by atoms with Gasteiger partial charge in [0.2, 0.25) is 0 Å². The second-order valence-corrected chi connectivity index (χ2v) is 4.82. The van der Waals surface area contributed by atoms with E-state index in [0.717, 1.165) is 5.56 Å². The zero-order chi connectivity index (χ0) is 13.0. The molecule has 0 fully saturated rings. The molecule has 17 heavy (non-hydrogen) atoms. The van der Waals surface area contributed by atoms with E-state index in [1.165, 1.54) is 0 Å². The van der Waals surface area contributed by atoms with Gasteiger partial charge in [-0.2, -0.15) is 0 Å². The van der Waals surface area contributed by atoms with E-state index in [1.807, 2.05) is 20.8 Å². The average molecular weight is 256 g/mol. The second kappa shape index (κ2) is 6.03. The third-order valence-corrected chi connectivity index (χ3v) is 3.17. The fourth-order valence-corrected chi connectivity index (χ4v) is 1.69. The second-order valence-electron chi connectivity index (χ2n) is 4.38. The number of halogens is 1. The van der Waals surface area contributed by atoms with Crippen LogP contribution in [0.1, 0.15) is 29.8 Å². The Morgan fingerprint density at radius 3 is 2.65 bits per heavy atom. The molecule has 1 aromatic carbocycles. The summed E-state index contributed by atoms with van der Waals surface area (Å²) in [5.41, 5.74) is 1.46. The minimum Gasteiger partial charge on any atom is -0.396 e. The van der Waals surface area contributed by atoms with E-state index >= 15 is 0 Å². The molecule has 1 amide bonds. The van der Waals surface area contributed by atoms with Crippen LogP contribution in [0.3, 0.4) is 0 Å². The maximum absolute atomic E-state index is 12.0. The molecule has 0 aliphatic carbocycles. The van der Waals surface area contributed by atoms with Crippen LogP contribution in [0.25, 0.3) is 0 Å². The third kappa shape index (κ3) is 3.72. The van der Waals surface area contributed by atoms with Crippen LogP contribution in [0.5, 0.6) is 0 Å². The lowest BCUT2D eigenvalue weighted by Crippen LogP contribution is -2.38. The molecule has 0 saturated heterocycles. The number of hydrogen-bond donors (Lipinski definition) is 2. The van der Waals surface area contributed by atoms with E-state index in [9.17, 15) is 4.79 Å². The van der Waals surface area contributed by atoms with Crippen molar-refractivity contribution in [3.05, 3.63) is 34.3 Å². The van der Waals surface area contributed by atoms with Gasteiger partial charge < -0.3 is 10.4 Å². The molecule has 0 radical (unpaired) electrons. The maximum Gasteiger partial charge on any atom is 0.251 e. The predicted octanol–water partition coefficient (Wildman–Crippen LogP) is 2.40. The van der Waals surface area contributed by atoms with Crippen molar-refractivity contribution in [3.63, 3.8) is 0 Å². The van der Waals surface area contributed by atoms with Crippen LogP contribution in [-0.4, -0.2) is 23.7 Å². The molecule has 0 heterocycles. The van der Waals surface area contributed by atoms with Gasteiger partial charge in [0.1, 0.15) is 0 Å². The van der Waals surface area contributed by atoms with Gasteiger partial charge in [0.25, 0.3) is 5.91 Å². The minimum absolute atomic E-state index is 0.0338. The normalized spacial score (nSPS) is 14.2. The number of carbonyl (C=O) groups is 1. The van der Waals surface area contributed by atoms with Gasteiger partial charge >= 0.3 is 0 Å². The Balaban J connectivity index is 2.76. The van der Waals surface area contributed by atoms with Gasteiger partial charge in [0.05, 0.1) is 0 Å². The van der Waals surface area contributed by atoms with Crippen molar-refractivity contribution < 1.29 is 9.90 Å². The molecule has 3 nitrogen and oxygen atoms in total. The van der Waals surface area contributed by atoms with E-state index in [0.29, 0.717) is 10.6 Å². The standard InChI is InChI=1S/C13H18ClNO2/c1-8-6-11(14)4-5-12(8)13(17)15-10(3)9(2)7-16/h4-6,9-10,16H,7H2,1-3H3,(H,15,17)/t9-,10+/m0/s1. The number of rotatable bonds is 4. The summed E-state index contributed by atoms with van der Waals surface area (Å²) in [6.45, 7) is 5.67. The highest BCUT2D eigenvalue weighted by Gasteiger charge is 2.16. The number of aliphatic hydroxyl groups excluding tert-OH is 1. The van der Waals surface area contributed by atoms with E-state index in [1.54, 1.807) is 18.2 Å². The Labute approximate surface area is 107 Å². The fraction of sp³-hybridized carbons (Fsp3) is 0.462. The molecule has 0 aliphatic heterocycles. The molecule has 0 aliphatic rings. The highest BCUT2D eigenvalue weighted by atomic mass is 35.5. The molecule has 1 aromatic rings. The van der Waals surface area contributed by atoms with Gasteiger partial charge in [-0.3, -0.25) is 4.79 Å². The molecule has 4 heteroatoms. The maximum atomic E-state index is 12.0. The Hall–Kier alpha value is -1.06. The summed E-state index contributed by atoms with van der Waals surface area (Å²) in [6.07, 6.45) is 0. The van der Waals surface area contributed by atoms with Crippen LogP contribution >= 0.6 is 11.6 Å². The van der Waals surface area contributed by atoms with E-state index < -0.39 is 0 Å². The summed E-state index contributed by atoms with van der Waals surface area (Å²) in [7, 11) is 0. The summed E-state index contributed by atoms with van der Waals surface area (Å²) >= 11 is 5.84. The summed E-state index contributed by atoms with van der Waals surface area (Å²) in [6, 6.07) is 5.10. The van der Waals surface area contributed by atoms with Gasteiger partial charge in [-0.05, 0) is 43.5 Å². The van der Waals surface area contributed by atoms with Crippen LogP contribution in [0.2, 0.25) is 5.02 Å². The molecule has 94 valence electrons. The first kappa shape index (κ1) is 14.0. The molecular weight excluding hydrogens is 238 g/mol. The molecule has 0 aromatic heterocycles. The quantitative estimate of drug-likeness (QED) is 0.868. The van der Waals surface area contributed by atoms with Gasteiger partial charge in [0.15, 0.2) is 0 Å². The Morgan fingerprint density at radius 1 is 1.47 bits per heavy atom. The smallest absolute Gasteiger partial charge is 0.251 e. The van der Waals surface area contributed by atoms with E-state index in [4.69, 9.17) is 16.7 Å². The minimum atomic E-state index is -0.132. The van der Waals surface area contributed by atoms with Gasteiger partial charge in [0, 0.05) is 23.2 Å². The van der Waals surface area contributed by atoms with Crippen molar-refractivity contribution in [1.29, 1.82) is 0 Å². The summed E-state index contributed by atoms with van der Waals surface area (Å²) in [5.74, 6) is -0.0986. The van der Waals surface area contributed by atoms with Gasteiger partial charge in [-0.15, -0.1) is 0 Å². The van der Waals surface area contributed by atoms with Gasteiger partial charge in [-0.1, -0.05) is 18.5 Å². The van der Waals surface area contributed by atoms with Crippen LogP contribution in [0, 0.1) is 12.8 Å². The zero-order valence-corrected chi connectivity index (χ0v) is 11.1. The Kier molecular flexibility index (Phi) is 4.97. The lowest BCUT2D eigenvalue weighted by atomic mass is 10.0. The first-order valence-corrected chi connectivity index (χ1v) is 6.01. The number of nitrogens with one attached hydrogen (secondary N) is 1. The molecule has 2 N–H and O–H groups in total. The molecular formula is C13H18ClNO2. The molecule has 1 rings (SSSR count). The molecule has 0 unspecified atom stereocenters. The molecule has 2 atom stereocenters. The third-order valence-electron chi connectivity index (χ3n) is 2.93. The predicted molar refractivity (Wildman–Crippen MR) is 69.4 cm³/mol. The monoisotopic (exact) mass is 255 g/mol. The highest BCUT2D eigenvalue weighted by Crippen LogP contribution is 2.15. The van der Waals surface area contributed by atoms with Crippen LogP contribution < -0.4 is 5.32 Å². The van der Waals surface area contributed by atoms with Crippen LogP contribution in [-0.2, 0) is 0 Å². The van der Waals surface area contributed by atoms with Crippen molar-refractivity contribution in [2.75, 3.05) is 6.61 Å². The SMILES string of the molecule is Cc1cc(Cl)ccc1C(=O)N[C@H](C)[C@@H](C)CO. The first-order valence-electron chi connectivity index (χ1n) is 5.63.